The van der Waals surface area contributed by atoms with E-state index in [1.807, 2.05) is 13.8 Å². The highest BCUT2D eigenvalue weighted by molar-refractivity contribution is 5.95. The predicted octanol–water partition coefficient (Wildman–Crippen LogP) is 1.72. The molecule has 0 spiro atoms. The fourth-order valence-corrected chi connectivity index (χ4v) is 2.14. The number of rotatable bonds is 2. The zero-order chi connectivity index (χ0) is 15.0. The Bertz CT molecular complexity index is 742. The van der Waals surface area contributed by atoms with Crippen molar-refractivity contribution in [2.75, 3.05) is 6.61 Å². The van der Waals surface area contributed by atoms with Gasteiger partial charge in [0.05, 0.1) is 34.6 Å². The van der Waals surface area contributed by atoms with Crippen LogP contribution in [0, 0.1) is 13.8 Å². The molecule has 1 fully saturated rings. The van der Waals surface area contributed by atoms with E-state index in [4.69, 9.17) is 9.47 Å². The molecule has 1 aliphatic rings. The molecule has 1 saturated heterocycles. The van der Waals surface area contributed by atoms with Crippen LogP contribution in [0.5, 0.6) is 0 Å². The molecule has 21 heavy (non-hydrogen) atoms. The number of aryl methyl sites for hydroxylation is 2. The van der Waals surface area contributed by atoms with Crippen LogP contribution in [0.4, 0.5) is 0 Å². The van der Waals surface area contributed by atoms with E-state index in [-0.39, 0.29) is 0 Å². The molecular weight excluding hydrogens is 272 g/mol. The summed E-state index contributed by atoms with van der Waals surface area (Å²) in [5.41, 5.74) is 3.36. The van der Waals surface area contributed by atoms with Gasteiger partial charge in [0.15, 0.2) is 0 Å². The molecule has 2 aromatic rings. The van der Waals surface area contributed by atoms with Crippen molar-refractivity contribution in [3.8, 4) is 0 Å². The Morgan fingerprint density at radius 1 is 1.24 bits per heavy atom. The Kier molecular flexibility index (Phi) is 3.29. The second kappa shape index (κ2) is 5.12. The third-order valence-corrected chi connectivity index (χ3v) is 3.45. The maximum atomic E-state index is 12.1. The molecule has 1 aromatic heterocycles. The number of esters is 2. The molecule has 0 bridgehead atoms. The first-order valence-corrected chi connectivity index (χ1v) is 6.67. The summed E-state index contributed by atoms with van der Waals surface area (Å²) in [4.78, 5) is 32.2. The van der Waals surface area contributed by atoms with Gasteiger partial charge < -0.3 is 9.47 Å². The van der Waals surface area contributed by atoms with E-state index < -0.39 is 18.0 Å². The molecule has 1 atom stereocenters. The Morgan fingerprint density at radius 2 is 1.95 bits per heavy atom. The minimum atomic E-state index is -0.806. The highest BCUT2D eigenvalue weighted by atomic mass is 16.6. The van der Waals surface area contributed by atoms with Gasteiger partial charge in [-0.3, -0.25) is 0 Å². The molecule has 0 unspecified atom stereocenters. The molecule has 0 radical (unpaired) electrons. The van der Waals surface area contributed by atoms with Crippen molar-refractivity contribution in [2.45, 2.75) is 26.4 Å². The van der Waals surface area contributed by atoms with Gasteiger partial charge in [-0.15, -0.1) is 0 Å². The number of hydrogen-bond donors (Lipinski definition) is 0. The van der Waals surface area contributed by atoms with Crippen molar-refractivity contribution in [3.63, 3.8) is 0 Å². The number of carbonyl (C=O) groups excluding carboxylic acids is 2. The van der Waals surface area contributed by atoms with Crippen LogP contribution in [0.1, 0.15) is 28.2 Å². The topological polar surface area (TPSA) is 78.4 Å². The van der Waals surface area contributed by atoms with E-state index in [1.165, 1.54) is 0 Å². The molecule has 2 heterocycles. The second-order valence-electron chi connectivity index (χ2n) is 4.95. The van der Waals surface area contributed by atoms with Crippen LogP contribution >= 0.6 is 0 Å². The third-order valence-electron chi connectivity index (χ3n) is 3.45. The van der Waals surface area contributed by atoms with Crippen LogP contribution in [0.2, 0.25) is 0 Å². The first kappa shape index (κ1) is 13.5. The van der Waals surface area contributed by atoms with Gasteiger partial charge in [0.25, 0.3) is 0 Å². The lowest BCUT2D eigenvalue weighted by Crippen LogP contribution is -2.22. The molecule has 0 aliphatic carbocycles. The highest BCUT2D eigenvalue weighted by Crippen LogP contribution is 2.17. The number of benzene rings is 1. The van der Waals surface area contributed by atoms with Crippen molar-refractivity contribution >= 4 is 23.0 Å². The predicted molar refractivity (Wildman–Crippen MR) is 73.8 cm³/mol. The summed E-state index contributed by atoms with van der Waals surface area (Å²) >= 11 is 0. The van der Waals surface area contributed by atoms with Crippen LogP contribution in [-0.2, 0) is 14.3 Å². The summed E-state index contributed by atoms with van der Waals surface area (Å²) in [5.74, 6) is -1.05. The summed E-state index contributed by atoms with van der Waals surface area (Å²) < 4.78 is 9.91. The first-order valence-electron chi connectivity index (χ1n) is 6.67. The van der Waals surface area contributed by atoms with E-state index >= 15 is 0 Å². The van der Waals surface area contributed by atoms with Gasteiger partial charge in [0.1, 0.15) is 0 Å². The summed E-state index contributed by atoms with van der Waals surface area (Å²) in [6.45, 7) is 4.04. The van der Waals surface area contributed by atoms with Crippen LogP contribution in [-0.4, -0.2) is 34.6 Å². The molecule has 1 aromatic carbocycles. The third kappa shape index (κ3) is 2.56. The first-order chi connectivity index (χ1) is 10.0. The van der Waals surface area contributed by atoms with Gasteiger partial charge in [-0.05, 0) is 32.0 Å². The maximum absolute atomic E-state index is 12.1. The normalized spacial score (nSPS) is 17.8. The molecule has 6 nitrogen and oxygen atoms in total. The molecule has 3 rings (SSSR count). The number of hydrogen-bond acceptors (Lipinski definition) is 6. The van der Waals surface area contributed by atoms with Crippen LogP contribution in [0.3, 0.4) is 0 Å². The maximum Gasteiger partial charge on any atom is 0.347 e. The summed E-state index contributed by atoms with van der Waals surface area (Å²) in [7, 11) is 0. The zero-order valence-electron chi connectivity index (χ0n) is 11.8. The van der Waals surface area contributed by atoms with E-state index in [0.717, 1.165) is 16.9 Å². The lowest BCUT2D eigenvalue weighted by Gasteiger charge is -2.09. The van der Waals surface area contributed by atoms with E-state index in [1.54, 1.807) is 18.2 Å². The van der Waals surface area contributed by atoms with Crippen LogP contribution in [0.15, 0.2) is 18.2 Å². The molecule has 0 saturated carbocycles. The van der Waals surface area contributed by atoms with Gasteiger partial charge in [0.2, 0.25) is 6.10 Å². The summed E-state index contributed by atoms with van der Waals surface area (Å²) in [6, 6.07) is 4.96. The SMILES string of the molecule is Cc1nc2ccc(C(=O)O[C@@H]3CCOC3=O)cc2nc1C. The minimum absolute atomic E-state index is 0.290. The van der Waals surface area contributed by atoms with Gasteiger partial charge in [-0.1, -0.05) is 0 Å². The quantitative estimate of drug-likeness (QED) is 0.782. The van der Waals surface area contributed by atoms with E-state index in [0.29, 0.717) is 24.1 Å². The number of nitrogens with zero attached hydrogens (tertiary/aromatic N) is 2. The van der Waals surface area contributed by atoms with Crippen LogP contribution in [0.25, 0.3) is 11.0 Å². The smallest absolute Gasteiger partial charge is 0.347 e. The summed E-state index contributed by atoms with van der Waals surface area (Å²) in [6.07, 6.45) is -0.407. The number of aromatic nitrogens is 2. The minimum Gasteiger partial charge on any atom is -0.463 e. The van der Waals surface area contributed by atoms with Crippen molar-refractivity contribution in [1.82, 2.24) is 9.97 Å². The van der Waals surface area contributed by atoms with Crippen molar-refractivity contribution in [2.24, 2.45) is 0 Å². The van der Waals surface area contributed by atoms with E-state index in [2.05, 4.69) is 9.97 Å². The number of cyclic esters (lactones) is 1. The van der Waals surface area contributed by atoms with Crippen molar-refractivity contribution in [1.29, 1.82) is 0 Å². The van der Waals surface area contributed by atoms with Crippen LogP contribution < -0.4 is 0 Å². The average Bonchev–Trinajstić information content (AvgIpc) is 2.85. The average molecular weight is 286 g/mol. The number of ether oxygens (including phenoxy) is 2. The highest BCUT2D eigenvalue weighted by Gasteiger charge is 2.30. The standard InChI is InChI=1S/C15H14N2O4/c1-8-9(2)17-12-7-10(3-4-11(12)16-8)14(18)21-13-5-6-20-15(13)19/h3-4,7,13H,5-6H2,1-2H3/t13-/m1/s1. The van der Waals surface area contributed by atoms with Gasteiger partial charge in [0, 0.05) is 6.42 Å². The fourth-order valence-electron chi connectivity index (χ4n) is 2.14. The molecule has 0 N–H and O–H groups in total. The second-order valence-corrected chi connectivity index (χ2v) is 4.95. The Hall–Kier alpha value is -2.50. The van der Waals surface area contributed by atoms with Gasteiger partial charge in [-0.25, -0.2) is 19.6 Å². The van der Waals surface area contributed by atoms with Crippen molar-refractivity contribution < 1.29 is 19.1 Å². The number of carbonyl (C=O) groups is 2. The molecule has 108 valence electrons. The Morgan fingerprint density at radius 3 is 2.62 bits per heavy atom. The molecule has 6 heteroatoms. The zero-order valence-corrected chi connectivity index (χ0v) is 11.8. The molecular formula is C15H14N2O4. The lowest BCUT2D eigenvalue weighted by atomic mass is 10.2. The fraction of sp³-hybridized carbons (Fsp3) is 0.333. The Labute approximate surface area is 121 Å². The molecule has 1 aliphatic heterocycles. The summed E-state index contributed by atoms with van der Waals surface area (Å²) in [5, 5.41) is 0. The van der Waals surface area contributed by atoms with Gasteiger partial charge >= 0.3 is 11.9 Å². The lowest BCUT2D eigenvalue weighted by molar-refractivity contribution is -0.145. The largest absolute Gasteiger partial charge is 0.463 e. The van der Waals surface area contributed by atoms with E-state index in [9.17, 15) is 9.59 Å². The van der Waals surface area contributed by atoms with Gasteiger partial charge in [-0.2, -0.15) is 0 Å². The monoisotopic (exact) mass is 286 g/mol. The Balaban J connectivity index is 1.88. The molecule has 0 amide bonds. The van der Waals surface area contributed by atoms with Crippen molar-refractivity contribution in [3.05, 3.63) is 35.2 Å². The number of fused-ring (bicyclic) bond motifs is 1.